The second-order valence-corrected chi connectivity index (χ2v) is 8.06. The molecule has 0 saturated carbocycles. The van der Waals surface area contributed by atoms with Crippen LogP contribution in [0.5, 0.6) is 5.75 Å². The molecule has 1 aromatic rings. The number of morpholine rings is 1. The van der Waals surface area contributed by atoms with E-state index in [1.807, 2.05) is 0 Å². The van der Waals surface area contributed by atoms with Gasteiger partial charge in [0.25, 0.3) is 5.91 Å². The van der Waals surface area contributed by atoms with Crippen LogP contribution in [0, 0.1) is 5.92 Å². The van der Waals surface area contributed by atoms with E-state index >= 15 is 0 Å². The lowest BCUT2D eigenvalue weighted by molar-refractivity contribution is -0.137. The number of nitrogens with one attached hydrogen (secondary N) is 1. The lowest BCUT2D eigenvalue weighted by Gasteiger charge is -2.26. The van der Waals surface area contributed by atoms with Gasteiger partial charge in [-0.25, -0.2) is 0 Å². The number of hydrogen-bond acceptors (Lipinski definition) is 6. The maximum atomic E-state index is 12.5. The fourth-order valence-electron chi connectivity index (χ4n) is 4.07. The van der Waals surface area contributed by atoms with Crippen molar-refractivity contribution < 1.29 is 28.6 Å². The summed E-state index contributed by atoms with van der Waals surface area (Å²) >= 11 is 0. The van der Waals surface area contributed by atoms with Gasteiger partial charge in [-0.1, -0.05) is 0 Å². The summed E-state index contributed by atoms with van der Waals surface area (Å²) in [5.41, 5.74) is 0.714. The summed E-state index contributed by atoms with van der Waals surface area (Å²) in [4.78, 5) is 40.4. The molecule has 1 N–H and O–H groups in total. The Morgan fingerprint density at radius 2 is 1.90 bits per heavy atom. The van der Waals surface area contributed by atoms with Gasteiger partial charge in [-0.05, 0) is 37.1 Å². The smallest absolute Gasteiger partial charge is 0.260 e. The standard InChI is InChI=1S/C22H29N3O6/c26-20-12-16(22(28)23-13-19-2-1-9-30-19)14-25(20)17-3-5-18(6-4-17)31-15-21(27)24-7-10-29-11-8-24/h3-6,16,19H,1-2,7-15H2,(H,23,28)/t16-,19+/m0/s1. The van der Waals surface area contributed by atoms with Gasteiger partial charge in [0.15, 0.2) is 6.61 Å². The summed E-state index contributed by atoms with van der Waals surface area (Å²) in [6.07, 6.45) is 2.27. The first-order chi connectivity index (χ1) is 15.1. The number of nitrogens with zero attached hydrogens (tertiary/aromatic N) is 2. The molecule has 31 heavy (non-hydrogen) atoms. The molecule has 168 valence electrons. The molecule has 0 aromatic heterocycles. The van der Waals surface area contributed by atoms with Crippen molar-refractivity contribution in [2.45, 2.75) is 25.4 Å². The first-order valence-corrected chi connectivity index (χ1v) is 10.9. The first kappa shape index (κ1) is 21.6. The minimum Gasteiger partial charge on any atom is -0.484 e. The van der Waals surface area contributed by atoms with Gasteiger partial charge in [-0.3, -0.25) is 14.4 Å². The molecule has 0 unspecified atom stereocenters. The Labute approximate surface area is 181 Å². The van der Waals surface area contributed by atoms with Crippen molar-refractivity contribution in [3.8, 4) is 5.75 Å². The van der Waals surface area contributed by atoms with Crippen LogP contribution in [-0.4, -0.2) is 81.3 Å². The fourth-order valence-corrected chi connectivity index (χ4v) is 4.07. The molecule has 9 nitrogen and oxygen atoms in total. The second kappa shape index (κ2) is 10.1. The van der Waals surface area contributed by atoms with Gasteiger partial charge < -0.3 is 29.3 Å². The Morgan fingerprint density at radius 1 is 1.13 bits per heavy atom. The summed E-state index contributed by atoms with van der Waals surface area (Å²) in [7, 11) is 0. The van der Waals surface area contributed by atoms with Gasteiger partial charge in [0.2, 0.25) is 11.8 Å². The molecule has 3 amide bonds. The van der Waals surface area contributed by atoms with Gasteiger partial charge in [0, 0.05) is 44.9 Å². The average molecular weight is 431 g/mol. The number of benzene rings is 1. The molecule has 0 spiro atoms. The van der Waals surface area contributed by atoms with Crippen LogP contribution in [0.25, 0.3) is 0 Å². The van der Waals surface area contributed by atoms with Crippen molar-refractivity contribution in [1.82, 2.24) is 10.2 Å². The molecule has 3 aliphatic rings. The molecule has 1 aromatic carbocycles. The molecule has 4 rings (SSSR count). The van der Waals surface area contributed by atoms with Crippen molar-refractivity contribution in [3.63, 3.8) is 0 Å². The van der Waals surface area contributed by atoms with Crippen molar-refractivity contribution in [3.05, 3.63) is 24.3 Å². The molecular weight excluding hydrogens is 402 g/mol. The largest absolute Gasteiger partial charge is 0.484 e. The van der Waals surface area contributed by atoms with Gasteiger partial charge in [0.1, 0.15) is 5.75 Å². The number of carbonyl (C=O) groups excluding carboxylic acids is 3. The van der Waals surface area contributed by atoms with Gasteiger partial charge in [0.05, 0.1) is 25.2 Å². The minimum atomic E-state index is -0.365. The molecule has 3 heterocycles. The molecule has 3 saturated heterocycles. The van der Waals surface area contributed by atoms with Crippen LogP contribution < -0.4 is 15.0 Å². The van der Waals surface area contributed by atoms with Crippen LogP contribution in [0.4, 0.5) is 5.69 Å². The zero-order valence-corrected chi connectivity index (χ0v) is 17.6. The van der Waals surface area contributed by atoms with Gasteiger partial charge >= 0.3 is 0 Å². The van der Waals surface area contributed by atoms with Crippen molar-refractivity contribution in [2.75, 3.05) is 57.5 Å². The van der Waals surface area contributed by atoms with Crippen LogP contribution in [-0.2, 0) is 23.9 Å². The summed E-state index contributed by atoms with van der Waals surface area (Å²) in [6, 6.07) is 7.03. The number of anilines is 1. The summed E-state index contributed by atoms with van der Waals surface area (Å²) in [5.74, 6) is -0.0563. The van der Waals surface area contributed by atoms with Crippen LogP contribution in [0.3, 0.4) is 0 Å². The van der Waals surface area contributed by atoms with E-state index in [4.69, 9.17) is 14.2 Å². The fraction of sp³-hybridized carbons (Fsp3) is 0.591. The van der Waals surface area contributed by atoms with Crippen molar-refractivity contribution in [2.24, 2.45) is 5.92 Å². The third-order valence-electron chi connectivity index (χ3n) is 5.90. The number of hydrogen-bond donors (Lipinski definition) is 1. The van der Waals surface area contributed by atoms with Crippen LogP contribution in [0.15, 0.2) is 24.3 Å². The monoisotopic (exact) mass is 431 g/mol. The topological polar surface area (TPSA) is 97.4 Å². The van der Waals surface area contributed by atoms with E-state index in [9.17, 15) is 14.4 Å². The van der Waals surface area contributed by atoms with Crippen molar-refractivity contribution in [1.29, 1.82) is 0 Å². The van der Waals surface area contributed by atoms with E-state index < -0.39 is 0 Å². The molecule has 0 radical (unpaired) electrons. The summed E-state index contributed by atoms with van der Waals surface area (Å²) in [6.45, 7) is 3.84. The zero-order valence-electron chi connectivity index (χ0n) is 17.6. The maximum Gasteiger partial charge on any atom is 0.260 e. The molecule has 2 atom stereocenters. The lowest BCUT2D eigenvalue weighted by atomic mass is 10.1. The predicted octanol–water partition coefficient (Wildman–Crippen LogP) is 0.572. The molecule has 0 bridgehead atoms. The Balaban J connectivity index is 1.25. The maximum absolute atomic E-state index is 12.5. The van der Waals surface area contributed by atoms with E-state index in [2.05, 4.69) is 5.32 Å². The van der Waals surface area contributed by atoms with Crippen LogP contribution in [0.1, 0.15) is 19.3 Å². The molecular formula is C22H29N3O6. The highest BCUT2D eigenvalue weighted by atomic mass is 16.5. The second-order valence-electron chi connectivity index (χ2n) is 8.06. The van der Waals surface area contributed by atoms with Crippen LogP contribution >= 0.6 is 0 Å². The third kappa shape index (κ3) is 5.54. The highest BCUT2D eigenvalue weighted by Crippen LogP contribution is 2.27. The van der Waals surface area contributed by atoms with Gasteiger partial charge in [-0.15, -0.1) is 0 Å². The lowest BCUT2D eigenvalue weighted by Crippen LogP contribution is -2.42. The third-order valence-corrected chi connectivity index (χ3v) is 5.90. The van der Waals surface area contributed by atoms with Gasteiger partial charge in [-0.2, -0.15) is 0 Å². The average Bonchev–Trinajstić information content (AvgIpc) is 3.46. The molecule has 3 aliphatic heterocycles. The Morgan fingerprint density at radius 3 is 2.61 bits per heavy atom. The Kier molecular flexibility index (Phi) is 7.03. The van der Waals surface area contributed by atoms with Crippen molar-refractivity contribution >= 4 is 23.4 Å². The predicted molar refractivity (Wildman–Crippen MR) is 112 cm³/mol. The Hall–Kier alpha value is -2.65. The van der Waals surface area contributed by atoms with E-state index in [1.54, 1.807) is 34.1 Å². The zero-order chi connectivity index (χ0) is 21.6. The highest BCUT2D eigenvalue weighted by molar-refractivity contribution is 6.00. The Bertz CT molecular complexity index is 787. The molecule has 9 heteroatoms. The van der Waals surface area contributed by atoms with E-state index in [1.165, 1.54) is 0 Å². The summed E-state index contributed by atoms with van der Waals surface area (Å²) in [5, 5.41) is 2.92. The number of carbonyl (C=O) groups is 3. The normalized spacial score (nSPS) is 23.8. The quantitative estimate of drug-likeness (QED) is 0.678. The number of ether oxygens (including phenoxy) is 3. The SMILES string of the molecule is O=C(NC[C@H]1CCCO1)[C@H]1CC(=O)N(c2ccc(OCC(=O)N3CCOCC3)cc2)C1. The molecule has 0 aliphatic carbocycles. The first-order valence-electron chi connectivity index (χ1n) is 10.9. The highest BCUT2D eigenvalue weighted by Gasteiger charge is 2.35. The van der Waals surface area contributed by atoms with Crippen LogP contribution in [0.2, 0.25) is 0 Å². The van der Waals surface area contributed by atoms with E-state index in [0.29, 0.717) is 50.8 Å². The minimum absolute atomic E-state index is 0.0328. The van der Waals surface area contributed by atoms with E-state index in [0.717, 1.165) is 19.4 Å². The van der Waals surface area contributed by atoms with E-state index in [-0.39, 0.29) is 42.8 Å². The number of amides is 3. The molecule has 3 fully saturated rings. The number of rotatable bonds is 7. The summed E-state index contributed by atoms with van der Waals surface area (Å²) < 4.78 is 16.4.